The van der Waals surface area contributed by atoms with E-state index in [2.05, 4.69) is 10.6 Å². The maximum absolute atomic E-state index is 11.4. The molecule has 0 fully saturated rings. The van der Waals surface area contributed by atoms with E-state index in [4.69, 9.17) is 67.1 Å². The van der Waals surface area contributed by atoms with Gasteiger partial charge >= 0.3 is 11.9 Å². The van der Waals surface area contributed by atoms with Crippen molar-refractivity contribution in [1.29, 1.82) is 0 Å². The summed E-state index contributed by atoms with van der Waals surface area (Å²) in [5.74, 6) is -2.52. The van der Waals surface area contributed by atoms with Crippen LogP contribution < -0.4 is 10.6 Å². The van der Waals surface area contributed by atoms with Crippen molar-refractivity contribution in [1.82, 2.24) is 10.6 Å². The quantitative estimate of drug-likeness (QED) is 0.0588. The summed E-state index contributed by atoms with van der Waals surface area (Å²) < 4.78 is 65.4. The van der Waals surface area contributed by atoms with Crippen LogP contribution in [-0.2, 0) is 76.0 Å². The lowest BCUT2D eigenvalue weighted by molar-refractivity contribution is -0.139. The first-order chi connectivity index (χ1) is 27.4. The molecular weight excluding hydrogens is 748 g/mol. The van der Waals surface area contributed by atoms with Gasteiger partial charge in [0.15, 0.2) is 0 Å². The molecule has 0 radical (unpaired) electrons. The number of aliphatic carboxylic acids is 2. The van der Waals surface area contributed by atoms with E-state index in [0.29, 0.717) is 184 Å². The van der Waals surface area contributed by atoms with Crippen molar-refractivity contribution in [2.24, 2.45) is 0 Å². The highest BCUT2D eigenvalue weighted by molar-refractivity contribution is 5.81. The summed E-state index contributed by atoms with van der Waals surface area (Å²) in [6.45, 7) is 12.0. The number of hydrogen-bond acceptors (Lipinski definition) is 16. The maximum atomic E-state index is 11.4. The normalized spacial score (nSPS) is 11.2. The first kappa shape index (κ1) is 53.4. The van der Waals surface area contributed by atoms with E-state index < -0.39 is 11.9 Å². The van der Waals surface area contributed by atoms with Gasteiger partial charge in [-0.3, -0.25) is 19.2 Å². The zero-order valence-corrected chi connectivity index (χ0v) is 33.1. The van der Waals surface area contributed by atoms with E-state index in [1.807, 2.05) is 0 Å². The summed E-state index contributed by atoms with van der Waals surface area (Å²) in [6.07, 6.45) is 0.910. The Morgan fingerprint density at radius 3 is 0.643 bits per heavy atom. The van der Waals surface area contributed by atoms with Crippen LogP contribution in [0, 0.1) is 0 Å². The number of carboxylic acid groups (broad SMARTS) is 2. The van der Waals surface area contributed by atoms with Crippen molar-refractivity contribution >= 4 is 23.8 Å². The third-order valence-corrected chi connectivity index (χ3v) is 6.80. The summed E-state index contributed by atoms with van der Waals surface area (Å²) in [4.78, 5) is 43.6. The lowest BCUT2D eigenvalue weighted by Crippen LogP contribution is -2.25. The molecular formula is C36H68N2O18. The molecule has 0 aliphatic rings. The predicted molar refractivity (Wildman–Crippen MR) is 199 cm³/mol. The fourth-order valence-electron chi connectivity index (χ4n) is 3.94. The molecule has 0 unspecified atom stereocenters. The van der Waals surface area contributed by atoms with Gasteiger partial charge in [-0.2, -0.15) is 0 Å². The molecule has 0 aromatic heterocycles. The van der Waals surface area contributed by atoms with Crippen LogP contribution in [0.15, 0.2) is 0 Å². The highest BCUT2D eigenvalue weighted by Crippen LogP contribution is 1.92. The van der Waals surface area contributed by atoms with Crippen molar-refractivity contribution in [3.8, 4) is 0 Å². The van der Waals surface area contributed by atoms with Crippen LogP contribution in [-0.4, -0.2) is 206 Å². The molecule has 0 saturated carbocycles. The van der Waals surface area contributed by atoms with Crippen LogP contribution in [0.2, 0.25) is 0 Å². The lowest BCUT2D eigenvalue weighted by atomic mass is 10.3. The van der Waals surface area contributed by atoms with E-state index in [0.717, 1.165) is 0 Å². The number of amides is 2. The first-order valence-corrected chi connectivity index (χ1v) is 19.3. The number of nitrogens with one attached hydrogen (secondary N) is 2. The number of carbonyl (C=O) groups is 4. The SMILES string of the molecule is O=C(O)CCC(=O)NCCCOCCOCCOCCOCCOCCOCCOCCOCCOCCOCCOCCOCCCNC(=O)CCC(=O)O. The third-order valence-electron chi connectivity index (χ3n) is 6.80. The van der Waals surface area contributed by atoms with Crippen molar-refractivity contribution in [3.63, 3.8) is 0 Å². The molecule has 0 atom stereocenters. The van der Waals surface area contributed by atoms with Gasteiger partial charge < -0.3 is 77.7 Å². The fourth-order valence-corrected chi connectivity index (χ4v) is 3.94. The molecule has 0 aliphatic heterocycles. The van der Waals surface area contributed by atoms with Crippen LogP contribution in [0.1, 0.15) is 38.5 Å². The zero-order valence-electron chi connectivity index (χ0n) is 33.1. The van der Waals surface area contributed by atoms with E-state index in [1.165, 1.54) is 0 Å². The highest BCUT2D eigenvalue weighted by Gasteiger charge is 2.05. The van der Waals surface area contributed by atoms with Gasteiger partial charge in [-0.1, -0.05) is 0 Å². The van der Waals surface area contributed by atoms with Crippen molar-refractivity contribution in [3.05, 3.63) is 0 Å². The number of carbonyl (C=O) groups excluding carboxylic acids is 2. The Kier molecular flexibility index (Phi) is 43.0. The maximum Gasteiger partial charge on any atom is 0.303 e. The topological polar surface area (TPSA) is 244 Å². The monoisotopic (exact) mass is 816 g/mol. The molecule has 4 N–H and O–H groups in total. The van der Waals surface area contributed by atoms with Crippen molar-refractivity contribution < 1.29 is 86.2 Å². The molecule has 56 heavy (non-hydrogen) atoms. The Balaban J connectivity index is 3.11. The molecule has 0 saturated heterocycles. The van der Waals surface area contributed by atoms with Crippen molar-refractivity contribution in [2.45, 2.75) is 38.5 Å². The van der Waals surface area contributed by atoms with E-state index >= 15 is 0 Å². The van der Waals surface area contributed by atoms with Crippen molar-refractivity contribution in [2.75, 3.05) is 172 Å². The molecule has 0 aromatic rings. The van der Waals surface area contributed by atoms with Gasteiger partial charge in [-0.15, -0.1) is 0 Å². The second kappa shape index (κ2) is 45.1. The van der Waals surface area contributed by atoms with Gasteiger partial charge in [0.1, 0.15) is 0 Å². The molecule has 0 heterocycles. The minimum Gasteiger partial charge on any atom is -0.481 e. The molecule has 0 spiro atoms. The standard InChI is InChI=1S/C36H68N2O18/c39-33(3-5-35(41)42)37-7-1-9-45-11-13-47-15-17-49-19-21-51-23-25-53-27-29-55-31-32-56-30-28-54-26-24-52-22-20-50-18-16-48-14-12-46-10-2-8-38-34(40)4-6-36(43)44/h1-32H2,(H,37,39)(H,38,40)(H,41,42)(H,43,44). The molecule has 20 heteroatoms. The van der Waals surface area contributed by atoms with E-state index in [9.17, 15) is 19.2 Å². The minimum atomic E-state index is -0.989. The largest absolute Gasteiger partial charge is 0.481 e. The fraction of sp³-hybridized carbons (Fsp3) is 0.889. The van der Waals surface area contributed by atoms with E-state index in [-0.39, 0.29) is 37.5 Å². The Morgan fingerprint density at radius 1 is 0.286 bits per heavy atom. The van der Waals surface area contributed by atoms with Gasteiger partial charge in [0.25, 0.3) is 0 Å². The number of hydrogen-bond donors (Lipinski definition) is 4. The Bertz CT molecular complexity index is 834. The number of ether oxygens (including phenoxy) is 12. The summed E-state index contributed by atoms with van der Waals surface area (Å²) in [5.41, 5.74) is 0. The van der Waals surface area contributed by atoms with Crippen LogP contribution in [0.5, 0.6) is 0 Å². The van der Waals surface area contributed by atoms with Gasteiger partial charge in [-0.05, 0) is 12.8 Å². The Hall–Kier alpha value is -2.60. The Morgan fingerprint density at radius 2 is 0.464 bits per heavy atom. The zero-order chi connectivity index (χ0) is 40.8. The Labute approximate surface area is 330 Å². The van der Waals surface area contributed by atoms with Crippen LogP contribution in [0.3, 0.4) is 0 Å². The average Bonchev–Trinajstić information content (AvgIpc) is 3.18. The smallest absolute Gasteiger partial charge is 0.303 e. The lowest BCUT2D eigenvalue weighted by Gasteiger charge is -2.09. The molecule has 0 bridgehead atoms. The van der Waals surface area contributed by atoms with Crippen LogP contribution in [0.4, 0.5) is 0 Å². The summed E-state index contributed by atoms with van der Waals surface area (Å²) in [7, 11) is 0. The third kappa shape index (κ3) is 47.6. The summed E-state index contributed by atoms with van der Waals surface area (Å²) >= 11 is 0. The summed E-state index contributed by atoms with van der Waals surface area (Å²) in [6, 6.07) is 0. The van der Waals surface area contributed by atoms with E-state index in [1.54, 1.807) is 0 Å². The molecule has 20 nitrogen and oxygen atoms in total. The predicted octanol–water partition coefficient (Wildman–Crippen LogP) is -0.0722. The first-order valence-electron chi connectivity index (χ1n) is 19.3. The van der Waals surface area contributed by atoms with Gasteiger partial charge in [-0.25, -0.2) is 0 Å². The van der Waals surface area contributed by atoms with Crippen LogP contribution in [0.25, 0.3) is 0 Å². The van der Waals surface area contributed by atoms with Gasteiger partial charge in [0.05, 0.1) is 158 Å². The van der Waals surface area contributed by atoms with Gasteiger partial charge in [0.2, 0.25) is 11.8 Å². The number of rotatable bonds is 47. The molecule has 330 valence electrons. The second-order valence-corrected chi connectivity index (χ2v) is 11.5. The number of carboxylic acids is 2. The average molecular weight is 817 g/mol. The minimum absolute atomic E-state index is 0.0173. The van der Waals surface area contributed by atoms with Gasteiger partial charge in [0, 0.05) is 39.1 Å². The molecule has 0 aromatic carbocycles. The molecule has 2 amide bonds. The van der Waals surface area contributed by atoms with Crippen LogP contribution >= 0.6 is 0 Å². The second-order valence-electron chi connectivity index (χ2n) is 11.5. The molecule has 0 aliphatic carbocycles. The highest BCUT2D eigenvalue weighted by atomic mass is 16.6. The summed E-state index contributed by atoms with van der Waals surface area (Å²) in [5, 5.41) is 22.4. The molecule has 0 rings (SSSR count).